The third kappa shape index (κ3) is 1.91. The second-order valence-corrected chi connectivity index (χ2v) is 3.84. The molecule has 18 heavy (non-hydrogen) atoms. The van der Waals surface area contributed by atoms with Crippen molar-refractivity contribution in [3.8, 4) is 5.75 Å². The first-order valence-electron chi connectivity index (χ1n) is 5.11. The van der Waals surface area contributed by atoms with Gasteiger partial charge in [-0.05, 0) is 17.7 Å². The zero-order chi connectivity index (χ0) is 13.4. The van der Waals surface area contributed by atoms with Gasteiger partial charge in [-0.3, -0.25) is 0 Å². The molecule has 1 unspecified atom stereocenters. The largest absolute Gasteiger partial charge is 0.497 e. The molecule has 1 heterocycles. The lowest BCUT2D eigenvalue weighted by Gasteiger charge is -2.34. The van der Waals surface area contributed by atoms with Crippen LogP contribution in [0.25, 0.3) is 0 Å². The zero-order valence-corrected chi connectivity index (χ0v) is 9.37. The Balaban J connectivity index is 2.35. The van der Waals surface area contributed by atoms with Crippen molar-refractivity contribution in [3.05, 3.63) is 42.2 Å². The summed E-state index contributed by atoms with van der Waals surface area (Å²) < 4.78 is 62.9. The number of hydrogen-bond donors (Lipinski definition) is 0. The number of rotatable bonds is 2. The maximum absolute atomic E-state index is 13.6. The van der Waals surface area contributed by atoms with Gasteiger partial charge in [0.05, 0.1) is 13.4 Å². The van der Waals surface area contributed by atoms with Gasteiger partial charge in [0, 0.05) is 6.08 Å². The van der Waals surface area contributed by atoms with E-state index in [0.717, 1.165) is 0 Å². The highest BCUT2D eigenvalue weighted by Gasteiger charge is 2.63. The van der Waals surface area contributed by atoms with E-state index >= 15 is 0 Å². The highest BCUT2D eigenvalue weighted by Crippen LogP contribution is 2.49. The standard InChI is InChI=1S/C12H10F4O2/c1-17-9-4-2-8(3-5-9)10-12(15,16)11(13,14)6-7-18-10/h2-7,10H,1H3. The van der Waals surface area contributed by atoms with E-state index in [9.17, 15) is 17.6 Å². The zero-order valence-electron chi connectivity index (χ0n) is 9.37. The summed E-state index contributed by atoms with van der Waals surface area (Å²) in [5.41, 5.74) is -0.0372. The van der Waals surface area contributed by atoms with Crippen molar-refractivity contribution in [3.63, 3.8) is 0 Å². The van der Waals surface area contributed by atoms with Gasteiger partial charge in [-0.15, -0.1) is 0 Å². The van der Waals surface area contributed by atoms with Crippen molar-refractivity contribution < 1.29 is 27.0 Å². The average Bonchev–Trinajstić information content (AvgIpc) is 2.33. The van der Waals surface area contributed by atoms with Crippen LogP contribution in [0, 0.1) is 0 Å². The lowest BCUT2D eigenvalue weighted by atomic mass is 9.97. The molecular weight excluding hydrogens is 252 g/mol. The molecule has 0 amide bonds. The van der Waals surface area contributed by atoms with Crippen molar-refractivity contribution in [2.75, 3.05) is 7.11 Å². The normalized spacial score (nSPS) is 24.4. The third-order valence-corrected chi connectivity index (χ3v) is 2.68. The molecule has 2 nitrogen and oxygen atoms in total. The SMILES string of the molecule is COc1ccc(C2OC=CC(F)(F)C2(F)F)cc1. The number of allylic oxidation sites excluding steroid dienone is 1. The predicted molar refractivity (Wildman–Crippen MR) is 55.9 cm³/mol. The molecule has 1 aromatic carbocycles. The van der Waals surface area contributed by atoms with Crippen LogP contribution in [0.2, 0.25) is 0 Å². The highest BCUT2D eigenvalue weighted by atomic mass is 19.3. The number of benzene rings is 1. The van der Waals surface area contributed by atoms with Crippen LogP contribution in [-0.2, 0) is 4.74 Å². The van der Waals surface area contributed by atoms with Crippen LogP contribution >= 0.6 is 0 Å². The minimum absolute atomic E-state index is 0.0372. The van der Waals surface area contributed by atoms with Crippen molar-refractivity contribution in [1.29, 1.82) is 0 Å². The number of alkyl halides is 4. The number of hydrogen-bond acceptors (Lipinski definition) is 2. The maximum atomic E-state index is 13.6. The van der Waals surface area contributed by atoms with Crippen LogP contribution in [0.1, 0.15) is 11.7 Å². The van der Waals surface area contributed by atoms with E-state index in [2.05, 4.69) is 4.74 Å². The topological polar surface area (TPSA) is 18.5 Å². The van der Waals surface area contributed by atoms with Crippen LogP contribution < -0.4 is 4.74 Å². The van der Waals surface area contributed by atoms with Crippen molar-refractivity contribution in [2.45, 2.75) is 17.9 Å². The fraction of sp³-hybridized carbons (Fsp3) is 0.333. The summed E-state index contributed by atoms with van der Waals surface area (Å²) in [6.07, 6.45) is -1.34. The van der Waals surface area contributed by atoms with E-state index < -0.39 is 17.9 Å². The van der Waals surface area contributed by atoms with Crippen LogP contribution in [0.3, 0.4) is 0 Å². The van der Waals surface area contributed by atoms with Crippen molar-refractivity contribution in [2.24, 2.45) is 0 Å². The Bertz CT molecular complexity index is 454. The predicted octanol–water partition coefficient (Wildman–Crippen LogP) is 3.55. The second-order valence-electron chi connectivity index (χ2n) is 3.84. The molecule has 1 aliphatic rings. The lowest BCUT2D eigenvalue weighted by molar-refractivity contribution is -0.246. The molecule has 0 saturated heterocycles. The Kier molecular flexibility index (Phi) is 2.96. The molecule has 2 rings (SSSR count). The summed E-state index contributed by atoms with van der Waals surface area (Å²) in [7, 11) is 1.41. The van der Waals surface area contributed by atoms with E-state index in [-0.39, 0.29) is 11.6 Å². The first kappa shape index (κ1) is 12.7. The van der Waals surface area contributed by atoms with Gasteiger partial charge in [-0.2, -0.15) is 17.6 Å². The molecule has 0 spiro atoms. The summed E-state index contributed by atoms with van der Waals surface area (Å²) in [5.74, 6) is -8.08. The number of halogens is 4. The van der Waals surface area contributed by atoms with Gasteiger partial charge in [-0.25, -0.2) is 0 Å². The molecular formula is C12H10F4O2. The van der Waals surface area contributed by atoms with Crippen molar-refractivity contribution in [1.82, 2.24) is 0 Å². The first-order chi connectivity index (χ1) is 8.38. The van der Waals surface area contributed by atoms with Crippen molar-refractivity contribution >= 4 is 0 Å². The van der Waals surface area contributed by atoms with E-state index in [1.165, 1.54) is 31.4 Å². The van der Waals surface area contributed by atoms with Crippen LogP contribution in [0.4, 0.5) is 17.6 Å². The highest BCUT2D eigenvalue weighted by molar-refractivity contribution is 5.31. The Morgan fingerprint density at radius 1 is 1.11 bits per heavy atom. The molecule has 6 heteroatoms. The van der Waals surface area contributed by atoms with Gasteiger partial charge in [0.25, 0.3) is 0 Å². The molecule has 0 radical (unpaired) electrons. The van der Waals surface area contributed by atoms with Gasteiger partial charge >= 0.3 is 11.8 Å². The van der Waals surface area contributed by atoms with Gasteiger partial charge < -0.3 is 9.47 Å². The minimum Gasteiger partial charge on any atom is -0.497 e. The van der Waals surface area contributed by atoms with Crippen LogP contribution in [0.15, 0.2) is 36.6 Å². The summed E-state index contributed by atoms with van der Waals surface area (Å²) in [5, 5.41) is 0. The van der Waals surface area contributed by atoms with Crippen LogP contribution in [-0.4, -0.2) is 19.0 Å². The Hall–Kier alpha value is -1.72. The molecule has 0 fully saturated rings. The first-order valence-corrected chi connectivity index (χ1v) is 5.11. The van der Waals surface area contributed by atoms with E-state index in [4.69, 9.17) is 4.74 Å². The fourth-order valence-corrected chi connectivity index (χ4v) is 1.64. The molecule has 0 bridgehead atoms. The quantitative estimate of drug-likeness (QED) is 0.759. The number of methoxy groups -OCH3 is 1. The molecule has 1 atom stereocenters. The number of ether oxygens (including phenoxy) is 2. The van der Waals surface area contributed by atoms with Gasteiger partial charge in [0.1, 0.15) is 5.75 Å². The molecule has 1 aromatic rings. The Labute approximate surface area is 101 Å². The second kappa shape index (κ2) is 4.19. The maximum Gasteiger partial charge on any atom is 0.353 e. The third-order valence-electron chi connectivity index (χ3n) is 2.68. The summed E-state index contributed by atoms with van der Waals surface area (Å²) >= 11 is 0. The van der Waals surface area contributed by atoms with Gasteiger partial charge in [-0.1, -0.05) is 12.1 Å². The van der Waals surface area contributed by atoms with Gasteiger partial charge in [0.2, 0.25) is 0 Å². The summed E-state index contributed by atoms with van der Waals surface area (Å²) in [6.45, 7) is 0. The smallest absolute Gasteiger partial charge is 0.353 e. The minimum atomic E-state index is -4.30. The fourth-order valence-electron chi connectivity index (χ4n) is 1.64. The molecule has 98 valence electrons. The van der Waals surface area contributed by atoms with E-state index in [1.54, 1.807) is 0 Å². The van der Waals surface area contributed by atoms with Crippen LogP contribution in [0.5, 0.6) is 5.75 Å². The molecule has 0 N–H and O–H groups in total. The Morgan fingerprint density at radius 3 is 2.28 bits per heavy atom. The molecule has 0 aromatic heterocycles. The lowest BCUT2D eigenvalue weighted by Crippen LogP contribution is -2.46. The molecule has 0 saturated carbocycles. The average molecular weight is 262 g/mol. The molecule has 0 aliphatic carbocycles. The summed E-state index contributed by atoms with van der Waals surface area (Å²) in [6, 6.07) is 5.36. The van der Waals surface area contributed by atoms with E-state index in [0.29, 0.717) is 12.0 Å². The van der Waals surface area contributed by atoms with E-state index in [1.807, 2.05) is 0 Å². The summed E-state index contributed by atoms with van der Waals surface area (Å²) in [4.78, 5) is 0. The Morgan fingerprint density at radius 2 is 1.72 bits per heavy atom. The van der Waals surface area contributed by atoms with Gasteiger partial charge in [0.15, 0.2) is 6.10 Å². The molecule has 1 aliphatic heterocycles. The monoisotopic (exact) mass is 262 g/mol.